The Labute approximate surface area is 97.3 Å². The van der Waals surface area contributed by atoms with Crippen LogP contribution in [0, 0.1) is 11.3 Å². The highest BCUT2D eigenvalue weighted by atomic mass is 35.5. The number of nitrogens with two attached hydrogens (primary N) is 1. The van der Waals surface area contributed by atoms with Gasteiger partial charge in [0.05, 0.1) is 6.20 Å². The summed E-state index contributed by atoms with van der Waals surface area (Å²) in [5, 5.41) is 9.29. The first-order chi connectivity index (χ1) is 7.70. The number of benzene rings is 1. The molecule has 0 fully saturated rings. The third kappa shape index (κ3) is 1.95. The molecule has 0 radical (unpaired) electrons. The minimum Gasteiger partial charge on any atom is -0.382 e. The zero-order valence-corrected chi connectivity index (χ0v) is 8.94. The van der Waals surface area contributed by atoms with Crippen molar-refractivity contribution in [1.29, 1.82) is 5.26 Å². The topological polar surface area (TPSA) is 75.6 Å². The van der Waals surface area contributed by atoms with Crippen LogP contribution in [0.15, 0.2) is 30.5 Å². The summed E-state index contributed by atoms with van der Waals surface area (Å²) in [6.07, 6.45) is 1.40. The molecule has 2 aromatic rings. The van der Waals surface area contributed by atoms with E-state index in [-0.39, 0.29) is 11.4 Å². The fourth-order valence-corrected chi connectivity index (χ4v) is 1.44. The average Bonchev–Trinajstić information content (AvgIpc) is 2.29. The monoisotopic (exact) mass is 230 g/mol. The van der Waals surface area contributed by atoms with Crippen LogP contribution < -0.4 is 5.73 Å². The average molecular weight is 231 g/mol. The SMILES string of the molecule is N#Cc1cnc(-c2cccc(Cl)c2)nc1N. The standard InChI is InChI=1S/C11H7ClN4/c12-9-3-1-2-7(4-9)11-15-6-8(5-13)10(14)16-11/h1-4,6H,(H2,14,15,16). The number of anilines is 1. The number of halogens is 1. The van der Waals surface area contributed by atoms with Gasteiger partial charge in [0.15, 0.2) is 5.82 Å². The van der Waals surface area contributed by atoms with Gasteiger partial charge in [0.25, 0.3) is 0 Å². The van der Waals surface area contributed by atoms with E-state index < -0.39 is 0 Å². The van der Waals surface area contributed by atoms with Crippen LogP contribution in [-0.2, 0) is 0 Å². The first-order valence-electron chi connectivity index (χ1n) is 4.49. The first-order valence-corrected chi connectivity index (χ1v) is 4.87. The van der Waals surface area contributed by atoms with Gasteiger partial charge in [0.2, 0.25) is 0 Å². The van der Waals surface area contributed by atoms with Crippen molar-refractivity contribution in [3.8, 4) is 17.5 Å². The highest BCUT2D eigenvalue weighted by molar-refractivity contribution is 6.30. The predicted molar refractivity (Wildman–Crippen MR) is 61.6 cm³/mol. The molecule has 0 unspecified atom stereocenters. The summed E-state index contributed by atoms with van der Waals surface area (Å²) in [6.45, 7) is 0. The van der Waals surface area contributed by atoms with E-state index in [1.807, 2.05) is 12.1 Å². The van der Waals surface area contributed by atoms with Gasteiger partial charge in [-0.05, 0) is 12.1 Å². The molecule has 16 heavy (non-hydrogen) atoms. The highest BCUT2D eigenvalue weighted by Gasteiger charge is 2.05. The molecule has 1 aromatic heterocycles. The zero-order valence-electron chi connectivity index (χ0n) is 8.18. The Bertz CT molecular complexity index is 574. The molecule has 2 rings (SSSR count). The van der Waals surface area contributed by atoms with Crippen molar-refractivity contribution >= 4 is 17.4 Å². The van der Waals surface area contributed by atoms with Gasteiger partial charge in [-0.15, -0.1) is 0 Å². The lowest BCUT2D eigenvalue weighted by Gasteiger charge is -2.02. The van der Waals surface area contributed by atoms with Gasteiger partial charge in [0.1, 0.15) is 17.5 Å². The summed E-state index contributed by atoms with van der Waals surface area (Å²) in [4.78, 5) is 8.09. The lowest BCUT2D eigenvalue weighted by Crippen LogP contribution is -1.98. The number of nitriles is 1. The lowest BCUT2D eigenvalue weighted by atomic mass is 10.2. The normalized spacial score (nSPS) is 9.75. The Kier molecular flexibility index (Phi) is 2.71. The van der Waals surface area contributed by atoms with E-state index in [0.717, 1.165) is 5.56 Å². The molecule has 1 aromatic carbocycles. The third-order valence-corrected chi connectivity index (χ3v) is 2.26. The molecule has 4 nitrogen and oxygen atoms in total. The molecule has 2 N–H and O–H groups in total. The Morgan fingerprint density at radius 2 is 2.19 bits per heavy atom. The van der Waals surface area contributed by atoms with Gasteiger partial charge in [-0.3, -0.25) is 0 Å². The van der Waals surface area contributed by atoms with E-state index in [4.69, 9.17) is 22.6 Å². The summed E-state index contributed by atoms with van der Waals surface area (Å²) < 4.78 is 0. The number of hydrogen-bond donors (Lipinski definition) is 1. The molecule has 0 saturated heterocycles. The number of aromatic nitrogens is 2. The molecule has 5 heteroatoms. The largest absolute Gasteiger partial charge is 0.382 e. The molecule has 0 spiro atoms. The van der Waals surface area contributed by atoms with Crippen LogP contribution in [-0.4, -0.2) is 9.97 Å². The summed E-state index contributed by atoms with van der Waals surface area (Å²) in [5.74, 6) is 0.631. The number of nitrogens with zero attached hydrogens (tertiary/aromatic N) is 3. The summed E-state index contributed by atoms with van der Waals surface area (Å²) in [6, 6.07) is 9.04. The van der Waals surface area contributed by atoms with Gasteiger partial charge in [-0.25, -0.2) is 9.97 Å². The van der Waals surface area contributed by atoms with Crippen molar-refractivity contribution in [2.75, 3.05) is 5.73 Å². The number of nitrogen functional groups attached to an aromatic ring is 1. The Hall–Kier alpha value is -2.12. The lowest BCUT2D eigenvalue weighted by molar-refractivity contribution is 1.17. The van der Waals surface area contributed by atoms with Crippen molar-refractivity contribution in [1.82, 2.24) is 9.97 Å². The van der Waals surface area contributed by atoms with Gasteiger partial charge < -0.3 is 5.73 Å². The van der Waals surface area contributed by atoms with E-state index in [0.29, 0.717) is 10.8 Å². The fraction of sp³-hybridized carbons (Fsp3) is 0. The van der Waals surface area contributed by atoms with Crippen molar-refractivity contribution < 1.29 is 0 Å². The van der Waals surface area contributed by atoms with Crippen LogP contribution in [0.3, 0.4) is 0 Å². The molecular weight excluding hydrogens is 224 g/mol. The Balaban J connectivity index is 2.50. The van der Waals surface area contributed by atoms with E-state index in [9.17, 15) is 0 Å². The first kappa shape index (κ1) is 10.4. The second-order valence-electron chi connectivity index (χ2n) is 3.11. The maximum Gasteiger partial charge on any atom is 0.161 e. The molecule has 0 saturated carbocycles. The van der Waals surface area contributed by atoms with E-state index >= 15 is 0 Å². The van der Waals surface area contributed by atoms with Crippen LogP contribution >= 0.6 is 11.6 Å². The van der Waals surface area contributed by atoms with Crippen LogP contribution in [0.1, 0.15) is 5.56 Å². The molecule has 0 aliphatic carbocycles. The van der Waals surface area contributed by atoms with Crippen LogP contribution in [0.5, 0.6) is 0 Å². The number of rotatable bonds is 1. The van der Waals surface area contributed by atoms with Crippen molar-refractivity contribution in [3.05, 3.63) is 41.0 Å². The fourth-order valence-electron chi connectivity index (χ4n) is 1.25. The van der Waals surface area contributed by atoms with Crippen molar-refractivity contribution in [2.45, 2.75) is 0 Å². The van der Waals surface area contributed by atoms with Gasteiger partial charge in [-0.2, -0.15) is 5.26 Å². The molecule has 0 amide bonds. The molecular formula is C11H7ClN4. The quantitative estimate of drug-likeness (QED) is 0.815. The Morgan fingerprint density at radius 3 is 2.81 bits per heavy atom. The van der Waals surface area contributed by atoms with E-state index in [2.05, 4.69) is 9.97 Å². The van der Waals surface area contributed by atoms with Gasteiger partial charge >= 0.3 is 0 Å². The van der Waals surface area contributed by atoms with E-state index in [1.54, 1.807) is 18.2 Å². The molecule has 0 aliphatic rings. The number of hydrogen-bond acceptors (Lipinski definition) is 4. The van der Waals surface area contributed by atoms with Crippen molar-refractivity contribution in [2.24, 2.45) is 0 Å². The smallest absolute Gasteiger partial charge is 0.161 e. The van der Waals surface area contributed by atoms with Crippen molar-refractivity contribution in [3.63, 3.8) is 0 Å². The summed E-state index contributed by atoms with van der Waals surface area (Å²) in [5.41, 5.74) is 6.64. The maximum atomic E-state index is 8.69. The zero-order chi connectivity index (χ0) is 11.5. The van der Waals surface area contributed by atoms with Crippen LogP contribution in [0.25, 0.3) is 11.4 Å². The maximum absolute atomic E-state index is 8.69. The molecule has 1 heterocycles. The molecule has 78 valence electrons. The predicted octanol–water partition coefficient (Wildman–Crippen LogP) is 2.25. The third-order valence-electron chi connectivity index (χ3n) is 2.02. The summed E-state index contributed by atoms with van der Waals surface area (Å²) >= 11 is 5.85. The minimum atomic E-state index is 0.174. The highest BCUT2D eigenvalue weighted by Crippen LogP contribution is 2.20. The second kappa shape index (κ2) is 4.17. The molecule has 0 aliphatic heterocycles. The summed E-state index contributed by atoms with van der Waals surface area (Å²) in [7, 11) is 0. The molecule has 0 atom stereocenters. The van der Waals surface area contributed by atoms with Crippen LogP contribution in [0.4, 0.5) is 5.82 Å². The van der Waals surface area contributed by atoms with E-state index in [1.165, 1.54) is 6.20 Å². The Morgan fingerprint density at radius 1 is 1.38 bits per heavy atom. The second-order valence-corrected chi connectivity index (χ2v) is 3.55. The van der Waals surface area contributed by atoms with Crippen LogP contribution in [0.2, 0.25) is 5.02 Å². The van der Waals surface area contributed by atoms with Gasteiger partial charge in [0, 0.05) is 10.6 Å². The van der Waals surface area contributed by atoms with Gasteiger partial charge in [-0.1, -0.05) is 23.7 Å². The molecule has 0 bridgehead atoms. The minimum absolute atomic E-state index is 0.174.